The summed E-state index contributed by atoms with van der Waals surface area (Å²) in [6.45, 7) is 7.25. The molecular weight excluding hydrogens is 196 g/mol. The SMILES string of the molecule is CC(C)c1ccc(CCN(C)CCN)cc1. The maximum absolute atomic E-state index is 5.51. The van der Waals surface area contributed by atoms with E-state index in [0.29, 0.717) is 5.92 Å². The smallest absolute Gasteiger partial charge is 0.0102 e. The minimum atomic E-state index is 0.619. The molecule has 2 nitrogen and oxygen atoms in total. The van der Waals surface area contributed by atoms with Crippen LogP contribution >= 0.6 is 0 Å². The molecule has 0 heterocycles. The molecule has 0 aromatic heterocycles. The van der Waals surface area contributed by atoms with Crippen LogP contribution in [0.2, 0.25) is 0 Å². The van der Waals surface area contributed by atoms with Gasteiger partial charge < -0.3 is 10.6 Å². The molecule has 2 N–H and O–H groups in total. The van der Waals surface area contributed by atoms with Crippen LogP contribution in [0.25, 0.3) is 0 Å². The van der Waals surface area contributed by atoms with E-state index in [-0.39, 0.29) is 0 Å². The first kappa shape index (κ1) is 13.2. The highest BCUT2D eigenvalue weighted by atomic mass is 15.1. The average molecular weight is 220 g/mol. The largest absolute Gasteiger partial charge is 0.329 e. The number of nitrogens with zero attached hydrogens (tertiary/aromatic N) is 1. The zero-order valence-electron chi connectivity index (χ0n) is 10.7. The van der Waals surface area contributed by atoms with Crippen LogP contribution in [0, 0.1) is 0 Å². The highest BCUT2D eigenvalue weighted by Gasteiger charge is 2.00. The quantitative estimate of drug-likeness (QED) is 0.796. The van der Waals surface area contributed by atoms with Gasteiger partial charge in [0, 0.05) is 19.6 Å². The van der Waals surface area contributed by atoms with Gasteiger partial charge in [0.05, 0.1) is 0 Å². The standard InChI is InChI=1S/C14H24N2/c1-12(2)14-6-4-13(5-7-14)8-10-16(3)11-9-15/h4-7,12H,8-11,15H2,1-3H3. The van der Waals surface area contributed by atoms with E-state index in [9.17, 15) is 0 Å². The van der Waals surface area contributed by atoms with Crippen LogP contribution in [-0.4, -0.2) is 31.6 Å². The third-order valence-electron chi connectivity index (χ3n) is 2.94. The van der Waals surface area contributed by atoms with Crippen LogP contribution in [-0.2, 0) is 6.42 Å². The van der Waals surface area contributed by atoms with Crippen molar-refractivity contribution in [1.82, 2.24) is 4.90 Å². The molecule has 0 unspecified atom stereocenters. The zero-order chi connectivity index (χ0) is 12.0. The number of benzene rings is 1. The zero-order valence-corrected chi connectivity index (χ0v) is 10.7. The predicted molar refractivity (Wildman–Crippen MR) is 70.8 cm³/mol. The van der Waals surface area contributed by atoms with E-state index < -0.39 is 0 Å². The Balaban J connectivity index is 2.43. The maximum Gasteiger partial charge on any atom is 0.0102 e. The van der Waals surface area contributed by atoms with Gasteiger partial charge in [-0.25, -0.2) is 0 Å². The second kappa shape index (κ2) is 6.66. The lowest BCUT2D eigenvalue weighted by molar-refractivity contribution is 0.348. The Kier molecular flexibility index (Phi) is 5.50. The van der Waals surface area contributed by atoms with Crippen molar-refractivity contribution in [3.63, 3.8) is 0 Å². The van der Waals surface area contributed by atoms with Crippen molar-refractivity contribution in [2.45, 2.75) is 26.2 Å². The molecule has 0 aliphatic rings. The molecular formula is C14H24N2. The Morgan fingerprint density at radius 3 is 2.25 bits per heavy atom. The predicted octanol–water partition coefficient (Wildman–Crippen LogP) is 2.24. The summed E-state index contributed by atoms with van der Waals surface area (Å²) in [6.07, 6.45) is 1.11. The third-order valence-corrected chi connectivity index (χ3v) is 2.94. The van der Waals surface area contributed by atoms with Gasteiger partial charge in [-0.1, -0.05) is 38.1 Å². The Morgan fingerprint density at radius 2 is 1.75 bits per heavy atom. The van der Waals surface area contributed by atoms with Crippen molar-refractivity contribution >= 4 is 0 Å². The van der Waals surface area contributed by atoms with Gasteiger partial charge in [0.15, 0.2) is 0 Å². The topological polar surface area (TPSA) is 29.3 Å². The summed E-state index contributed by atoms with van der Waals surface area (Å²) in [6, 6.07) is 8.96. The molecule has 0 saturated carbocycles. The van der Waals surface area contributed by atoms with Crippen LogP contribution in [0.3, 0.4) is 0 Å². The van der Waals surface area contributed by atoms with E-state index in [1.807, 2.05) is 0 Å². The molecule has 1 aromatic rings. The molecule has 1 rings (SSSR count). The van der Waals surface area contributed by atoms with Crippen molar-refractivity contribution < 1.29 is 0 Å². The van der Waals surface area contributed by atoms with Crippen molar-refractivity contribution in [1.29, 1.82) is 0 Å². The van der Waals surface area contributed by atoms with Gasteiger partial charge in [-0.3, -0.25) is 0 Å². The van der Waals surface area contributed by atoms with Crippen LogP contribution in [0.5, 0.6) is 0 Å². The van der Waals surface area contributed by atoms with Crippen LogP contribution in [0.1, 0.15) is 30.9 Å². The summed E-state index contributed by atoms with van der Waals surface area (Å²) in [5.41, 5.74) is 8.34. The molecule has 16 heavy (non-hydrogen) atoms. The van der Waals surface area contributed by atoms with E-state index in [0.717, 1.165) is 26.1 Å². The summed E-state index contributed by atoms with van der Waals surface area (Å²) in [5.74, 6) is 0.619. The number of hydrogen-bond acceptors (Lipinski definition) is 2. The van der Waals surface area contributed by atoms with E-state index in [2.05, 4.69) is 50.1 Å². The summed E-state index contributed by atoms with van der Waals surface area (Å²) < 4.78 is 0. The van der Waals surface area contributed by atoms with Crippen molar-refractivity contribution in [2.75, 3.05) is 26.7 Å². The normalized spacial score (nSPS) is 11.4. The Labute approximate surface area is 99.5 Å². The summed E-state index contributed by atoms with van der Waals surface area (Å²) in [4.78, 5) is 2.27. The molecule has 0 saturated heterocycles. The summed E-state index contributed by atoms with van der Waals surface area (Å²) in [5, 5.41) is 0. The van der Waals surface area contributed by atoms with Crippen LogP contribution < -0.4 is 5.73 Å². The number of likely N-dealkylation sites (N-methyl/N-ethyl adjacent to an activating group) is 1. The number of nitrogens with two attached hydrogens (primary N) is 1. The number of hydrogen-bond donors (Lipinski definition) is 1. The monoisotopic (exact) mass is 220 g/mol. The fraction of sp³-hybridized carbons (Fsp3) is 0.571. The second-order valence-electron chi connectivity index (χ2n) is 4.74. The average Bonchev–Trinajstić information content (AvgIpc) is 2.27. The van der Waals surface area contributed by atoms with Crippen molar-refractivity contribution in [3.8, 4) is 0 Å². The Bertz CT molecular complexity index is 290. The van der Waals surface area contributed by atoms with E-state index in [1.165, 1.54) is 11.1 Å². The van der Waals surface area contributed by atoms with E-state index in [1.54, 1.807) is 0 Å². The molecule has 0 fully saturated rings. The second-order valence-corrected chi connectivity index (χ2v) is 4.74. The summed E-state index contributed by atoms with van der Waals surface area (Å²) >= 11 is 0. The van der Waals surface area contributed by atoms with Gasteiger partial charge in [-0.2, -0.15) is 0 Å². The van der Waals surface area contributed by atoms with Gasteiger partial charge >= 0.3 is 0 Å². The molecule has 0 bridgehead atoms. The molecule has 0 radical (unpaired) electrons. The van der Waals surface area contributed by atoms with Gasteiger partial charge in [-0.15, -0.1) is 0 Å². The number of rotatable bonds is 6. The summed E-state index contributed by atoms with van der Waals surface area (Å²) in [7, 11) is 2.12. The lowest BCUT2D eigenvalue weighted by Gasteiger charge is -2.15. The molecule has 0 spiro atoms. The first-order valence-corrected chi connectivity index (χ1v) is 6.11. The molecule has 0 amide bonds. The highest BCUT2D eigenvalue weighted by Crippen LogP contribution is 2.14. The van der Waals surface area contributed by atoms with Crippen molar-refractivity contribution in [2.24, 2.45) is 5.73 Å². The fourth-order valence-corrected chi connectivity index (χ4v) is 1.72. The lowest BCUT2D eigenvalue weighted by Crippen LogP contribution is -2.27. The first-order valence-electron chi connectivity index (χ1n) is 6.11. The molecule has 0 atom stereocenters. The molecule has 0 aliphatic heterocycles. The minimum absolute atomic E-state index is 0.619. The van der Waals surface area contributed by atoms with Crippen LogP contribution in [0.15, 0.2) is 24.3 Å². The third kappa shape index (κ3) is 4.33. The highest BCUT2D eigenvalue weighted by molar-refractivity contribution is 5.24. The molecule has 0 aliphatic carbocycles. The van der Waals surface area contributed by atoms with Crippen molar-refractivity contribution in [3.05, 3.63) is 35.4 Å². The maximum atomic E-state index is 5.51. The van der Waals surface area contributed by atoms with E-state index in [4.69, 9.17) is 5.73 Å². The van der Waals surface area contributed by atoms with Crippen LogP contribution in [0.4, 0.5) is 0 Å². The fourth-order valence-electron chi connectivity index (χ4n) is 1.72. The Hall–Kier alpha value is -0.860. The van der Waals surface area contributed by atoms with Gasteiger partial charge in [-0.05, 0) is 30.5 Å². The van der Waals surface area contributed by atoms with Gasteiger partial charge in [0.2, 0.25) is 0 Å². The lowest BCUT2D eigenvalue weighted by atomic mass is 10.0. The molecule has 1 aromatic carbocycles. The Morgan fingerprint density at radius 1 is 1.12 bits per heavy atom. The van der Waals surface area contributed by atoms with Gasteiger partial charge in [0.25, 0.3) is 0 Å². The van der Waals surface area contributed by atoms with Gasteiger partial charge in [0.1, 0.15) is 0 Å². The molecule has 2 heteroatoms. The molecule has 90 valence electrons. The minimum Gasteiger partial charge on any atom is -0.329 e. The first-order chi connectivity index (χ1) is 7.63. The van der Waals surface area contributed by atoms with E-state index >= 15 is 0 Å².